The molecular weight excluding hydrogens is 282 g/mol. The van der Waals surface area contributed by atoms with Crippen LogP contribution in [0.1, 0.15) is 43.8 Å². The van der Waals surface area contributed by atoms with Crippen molar-refractivity contribution in [3.8, 4) is 0 Å². The second kappa shape index (κ2) is 6.52. The third kappa shape index (κ3) is 3.40. The van der Waals surface area contributed by atoms with Crippen LogP contribution in [0.5, 0.6) is 0 Å². The van der Waals surface area contributed by atoms with E-state index in [9.17, 15) is 4.79 Å². The summed E-state index contributed by atoms with van der Waals surface area (Å²) >= 11 is 4.09. The maximum Gasteiger partial charge on any atom is 0.221 e. The third-order valence-electron chi connectivity index (χ3n) is 4.23. The van der Waals surface area contributed by atoms with Gasteiger partial charge in [0.1, 0.15) is 5.82 Å². The molecule has 0 unspecified atom stereocenters. The lowest BCUT2D eigenvalue weighted by Crippen LogP contribution is -2.37. The Kier molecular flexibility index (Phi) is 4.48. The second-order valence-electron chi connectivity index (χ2n) is 5.73. The highest BCUT2D eigenvalue weighted by molar-refractivity contribution is 7.80. The van der Waals surface area contributed by atoms with E-state index in [0.717, 1.165) is 42.5 Å². The lowest BCUT2D eigenvalue weighted by molar-refractivity contribution is -0.121. The van der Waals surface area contributed by atoms with Gasteiger partial charge in [0.15, 0.2) is 0 Å². The number of carbonyl (C=O) groups is 1. The van der Waals surface area contributed by atoms with Gasteiger partial charge in [-0.3, -0.25) is 4.79 Å². The van der Waals surface area contributed by atoms with E-state index in [4.69, 9.17) is 4.98 Å². The molecule has 1 aromatic carbocycles. The fraction of sp³-hybridized carbons (Fsp3) is 0.500. The Bertz CT molecular complexity index is 584. The first-order valence-electron chi connectivity index (χ1n) is 7.61. The van der Waals surface area contributed by atoms with Gasteiger partial charge in [-0.25, -0.2) is 4.98 Å². The lowest BCUT2D eigenvalue weighted by atomic mass is 9.85. The van der Waals surface area contributed by atoms with Gasteiger partial charge in [-0.1, -0.05) is 12.1 Å². The molecule has 0 bridgehead atoms. The van der Waals surface area contributed by atoms with Gasteiger partial charge in [0.2, 0.25) is 5.91 Å². The van der Waals surface area contributed by atoms with Crippen molar-refractivity contribution in [2.75, 3.05) is 5.75 Å². The molecule has 4 nitrogen and oxygen atoms in total. The van der Waals surface area contributed by atoms with Crippen LogP contribution in [0, 0.1) is 0 Å². The van der Waals surface area contributed by atoms with E-state index in [2.05, 4.69) is 29.0 Å². The maximum absolute atomic E-state index is 11.6. The minimum absolute atomic E-state index is 0.122. The zero-order chi connectivity index (χ0) is 14.7. The van der Waals surface area contributed by atoms with Crippen molar-refractivity contribution in [3.05, 3.63) is 30.1 Å². The molecule has 2 N–H and O–H groups in total. The number of aromatic amines is 1. The number of benzene rings is 1. The molecule has 0 aliphatic heterocycles. The zero-order valence-electron chi connectivity index (χ0n) is 12.0. The van der Waals surface area contributed by atoms with E-state index in [0.29, 0.717) is 24.1 Å². The van der Waals surface area contributed by atoms with E-state index in [-0.39, 0.29) is 5.91 Å². The Hall–Kier alpha value is -1.49. The second-order valence-corrected chi connectivity index (χ2v) is 6.18. The van der Waals surface area contributed by atoms with Crippen molar-refractivity contribution in [1.29, 1.82) is 0 Å². The predicted octanol–water partition coefficient (Wildman–Crippen LogP) is 3.03. The standard InChI is InChI=1S/C16H21N3OS/c20-15(9-10-21)17-12-7-5-11(6-8-12)16-18-13-3-1-2-4-14(13)19-16/h1-4,11-12,21H,5-10H2,(H,17,20)(H,18,19). The summed E-state index contributed by atoms with van der Waals surface area (Å²) in [4.78, 5) is 19.7. The summed E-state index contributed by atoms with van der Waals surface area (Å²) in [5, 5.41) is 3.10. The molecule has 2 aromatic rings. The number of para-hydroxylation sites is 2. The molecule has 3 rings (SSSR count). The minimum Gasteiger partial charge on any atom is -0.353 e. The third-order valence-corrected chi connectivity index (χ3v) is 4.45. The molecule has 5 heteroatoms. The number of fused-ring (bicyclic) bond motifs is 1. The highest BCUT2D eigenvalue weighted by atomic mass is 32.1. The van der Waals surface area contributed by atoms with E-state index < -0.39 is 0 Å². The number of rotatable bonds is 4. The summed E-state index contributed by atoms with van der Waals surface area (Å²) in [7, 11) is 0. The number of nitrogens with zero attached hydrogens (tertiary/aromatic N) is 1. The van der Waals surface area contributed by atoms with Gasteiger partial charge in [0.25, 0.3) is 0 Å². The summed E-state index contributed by atoms with van der Waals surface area (Å²) in [6.45, 7) is 0. The molecule has 0 saturated heterocycles. The van der Waals surface area contributed by atoms with Crippen LogP contribution in [0.4, 0.5) is 0 Å². The Morgan fingerprint density at radius 1 is 1.29 bits per heavy atom. The Morgan fingerprint density at radius 3 is 2.76 bits per heavy atom. The van der Waals surface area contributed by atoms with Crippen molar-refractivity contribution >= 4 is 29.6 Å². The molecule has 1 aromatic heterocycles. The summed E-state index contributed by atoms with van der Waals surface area (Å²) < 4.78 is 0. The normalized spacial score (nSPS) is 22.3. The molecule has 1 heterocycles. The van der Waals surface area contributed by atoms with Crippen LogP contribution >= 0.6 is 12.6 Å². The van der Waals surface area contributed by atoms with Crippen molar-refractivity contribution < 1.29 is 4.79 Å². The molecule has 1 fully saturated rings. The van der Waals surface area contributed by atoms with Crippen molar-refractivity contribution in [3.63, 3.8) is 0 Å². The molecule has 0 atom stereocenters. The van der Waals surface area contributed by atoms with Crippen molar-refractivity contribution in [2.45, 2.75) is 44.1 Å². The van der Waals surface area contributed by atoms with Gasteiger partial charge in [0.05, 0.1) is 11.0 Å². The molecule has 112 valence electrons. The zero-order valence-corrected chi connectivity index (χ0v) is 12.9. The molecule has 1 saturated carbocycles. The number of hydrogen-bond acceptors (Lipinski definition) is 3. The fourth-order valence-corrected chi connectivity index (χ4v) is 3.28. The average Bonchev–Trinajstić information content (AvgIpc) is 2.92. The van der Waals surface area contributed by atoms with Crippen molar-refractivity contribution in [2.24, 2.45) is 0 Å². The molecular formula is C16H21N3OS. The smallest absolute Gasteiger partial charge is 0.221 e. The quantitative estimate of drug-likeness (QED) is 0.760. The monoisotopic (exact) mass is 303 g/mol. The Morgan fingerprint density at radius 2 is 2.05 bits per heavy atom. The minimum atomic E-state index is 0.122. The number of aromatic nitrogens is 2. The molecule has 0 spiro atoms. The average molecular weight is 303 g/mol. The van der Waals surface area contributed by atoms with E-state index >= 15 is 0 Å². The number of imidazole rings is 1. The topological polar surface area (TPSA) is 57.8 Å². The number of thiol groups is 1. The molecule has 1 aliphatic rings. The lowest BCUT2D eigenvalue weighted by Gasteiger charge is -2.28. The highest BCUT2D eigenvalue weighted by Gasteiger charge is 2.25. The summed E-state index contributed by atoms with van der Waals surface area (Å²) in [5.41, 5.74) is 2.15. The number of carbonyl (C=O) groups excluding carboxylic acids is 1. The highest BCUT2D eigenvalue weighted by Crippen LogP contribution is 2.32. The summed E-state index contributed by atoms with van der Waals surface area (Å²) in [6.07, 6.45) is 4.71. The van der Waals surface area contributed by atoms with E-state index in [1.54, 1.807) is 0 Å². The number of nitrogens with one attached hydrogen (secondary N) is 2. The van der Waals surface area contributed by atoms with Gasteiger partial charge in [0, 0.05) is 18.4 Å². The van der Waals surface area contributed by atoms with Crippen molar-refractivity contribution in [1.82, 2.24) is 15.3 Å². The number of H-pyrrole nitrogens is 1. The fourth-order valence-electron chi connectivity index (χ4n) is 3.08. The maximum atomic E-state index is 11.6. The Labute approximate surface area is 130 Å². The van der Waals surface area contributed by atoms with Crippen LogP contribution in [0.25, 0.3) is 11.0 Å². The van der Waals surface area contributed by atoms with Crippen LogP contribution in [-0.4, -0.2) is 27.7 Å². The summed E-state index contributed by atoms with van der Waals surface area (Å²) in [6, 6.07) is 8.46. The van der Waals surface area contributed by atoms with Crippen LogP contribution in [0.2, 0.25) is 0 Å². The first-order chi connectivity index (χ1) is 10.3. The van der Waals surface area contributed by atoms with Gasteiger partial charge >= 0.3 is 0 Å². The first kappa shape index (κ1) is 14.4. The Balaban J connectivity index is 1.59. The van der Waals surface area contributed by atoms with E-state index in [1.807, 2.05) is 18.2 Å². The summed E-state index contributed by atoms with van der Waals surface area (Å²) in [5.74, 6) is 2.31. The molecule has 1 amide bonds. The molecule has 0 radical (unpaired) electrons. The largest absolute Gasteiger partial charge is 0.353 e. The molecule has 1 aliphatic carbocycles. The van der Waals surface area contributed by atoms with Gasteiger partial charge in [-0.05, 0) is 43.6 Å². The van der Waals surface area contributed by atoms with Crippen LogP contribution in [0.15, 0.2) is 24.3 Å². The first-order valence-corrected chi connectivity index (χ1v) is 8.24. The number of hydrogen-bond donors (Lipinski definition) is 3. The molecule has 21 heavy (non-hydrogen) atoms. The van der Waals surface area contributed by atoms with Crippen LogP contribution in [0.3, 0.4) is 0 Å². The van der Waals surface area contributed by atoms with Gasteiger partial charge in [-0.2, -0.15) is 12.6 Å². The van der Waals surface area contributed by atoms with Crippen LogP contribution in [-0.2, 0) is 4.79 Å². The van der Waals surface area contributed by atoms with E-state index in [1.165, 1.54) is 0 Å². The van der Waals surface area contributed by atoms with Gasteiger partial charge in [-0.15, -0.1) is 0 Å². The van der Waals surface area contributed by atoms with Gasteiger partial charge < -0.3 is 10.3 Å². The predicted molar refractivity (Wildman–Crippen MR) is 87.7 cm³/mol. The number of amides is 1. The SMILES string of the molecule is O=C(CCS)NC1CCC(c2nc3ccccc3[nH]2)CC1. The van der Waals surface area contributed by atoms with Crippen LogP contribution < -0.4 is 5.32 Å².